The van der Waals surface area contributed by atoms with Crippen molar-refractivity contribution < 1.29 is 18.3 Å². The molecule has 1 aliphatic rings. The van der Waals surface area contributed by atoms with Crippen LogP contribution in [0.25, 0.3) is 0 Å². The highest BCUT2D eigenvalue weighted by Gasteiger charge is 2.33. The van der Waals surface area contributed by atoms with Gasteiger partial charge in [0.25, 0.3) is 0 Å². The summed E-state index contributed by atoms with van der Waals surface area (Å²) in [6.45, 7) is 4.81. The third-order valence-electron chi connectivity index (χ3n) is 5.32. The number of aliphatic hydroxyl groups is 1. The number of hydrogen-bond acceptors (Lipinski definition) is 5. The topological polar surface area (TPSA) is 66.8 Å². The van der Waals surface area contributed by atoms with E-state index in [1.54, 1.807) is 12.1 Å². The molecule has 30 heavy (non-hydrogen) atoms. The molecule has 8 heteroatoms. The van der Waals surface area contributed by atoms with Crippen LogP contribution in [0.5, 0.6) is 5.75 Å². The molecular weight excluding hydrogens is 445 g/mol. The summed E-state index contributed by atoms with van der Waals surface area (Å²) in [5.74, 6) is 0.982. The van der Waals surface area contributed by atoms with Crippen LogP contribution in [-0.4, -0.2) is 55.2 Å². The van der Waals surface area contributed by atoms with E-state index in [1.165, 1.54) is 0 Å². The first-order valence-corrected chi connectivity index (χ1v) is 12.5. The zero-order valence-electron chi connectivity index (χ0n) is 17.1. The summed E-state index contributed by atoms with van der Waals surface area (Å²) >= 11 is 12.3. The molecule has 1 fully saturated rings. The summed E-state index contributed by atoms with van der Waals surface area (Å²) in [5.41, 5.74) is 3.00. The molecule has 2 aromatic rings. The molecule has 0 aliphatic carbocycles. The maximum atomic E-state index is 12.0. The van der Waals surface area contributed by atoms with Crippen molar-refractivity contribution in [3.63, 3.8) is 0 Å². The second-order valence-corrected chi connectivity index (χ2v) is 11.0. The largest absolute Gasteiger partial charge is 0.491 e. The zero-order chi connectivity index (χ0) is 21.9. The predicted octanol–water partition coefficient (Wildman–Crippen LogP) is 4.04. The Hall–Kier alpha value is -1.31. The Kier molecular flexibility index (Phi) is 7.69. The van der Waals surface area contributed by atoms with Crippen molar-refractivity contribution in [2.45, 2.75) is 39.0 Å². The van der Waals surface area contributed by atoms with E-state index < -0.39 is 15.9 Å². The van der Waals surface area contributed by atoms with Crippen molar-refractivity contribution in [2.75, 3.05) is 24.7 Å². The monoisotopic (exact) mass is 471 g/mol. The maximum Gasteiger partial charge on any atom is 0.151 e. The van der Waals surface area contributed by atoms with Gasteiger partial charge in [0, 0.05) is 29.2 Å². The van der Waals surface area contributed by atoms with Gasteiger partial charge in [0.1, 0.15) is 18.5 Å². The van der Waals surface area contributed by atoms with Crippen molar-refractivity contribution >= 4 is 33.0 Å². The predicted molar refractivity (Wildman–Crippen MR) is 121 cm³/mol. The normalized spacial score (nSPS) is 19.2. The van der Waals surface area contributed by atoms with Gasteiger partial charge in [-0.1, -0.05) is 47.0 Å². The summed E-state index contributed by atoms with van der Waals surface area (Å²) in [7, 11) is -3.06. The van der Waals surface area contributed by atoms with Crippen LogP contribution in [0, 0.1) is 13.8 Å². The van der Waals surface area contributed by atoms with Crippen LogP contribution in [0.1, 0.15) is 23.1 Å². The summed E-state index contributed by atoms with van der Waals surface area (Å²) < 4.78 is 29.8. The molecule has 164 valence electrons. The van der Waals surface area contributed by atoms with E-state index in [0.29, 0.717) is 23.0 Å². The third kappa shape index (κ3) is 6.34. The van der Waals surface area contributed by atoms with E-state index in [-0.39, 0.29) is 30.7 Å². The molecule has 0 saturated carbocycles. The Bertz CT molecular complexity index is 997. The average Bonchev–Trinajstić information content (AvgIpc) is 3.02. The molecule has 5 nitrogen and oxygen atoms in total. The Labute approximate surface area is 188 Å². The van der Waals surface area contributed by atoms with Crippen LogP contribution in [-0.2, 0) is 16.4 Å². The van der Waals surface area contributed by atoms with Crippen LogP contribution in [0.15, 0.2) is 36.4 Å². The quantitative estimate of drug-likeness (QED) is 0.628. The molecule has 1 saturated heterocycles. The van der Waals surface area contributed by atoms with E-state index in [9.17, 15) is 13.5 Å². The number of rotatable bonds is 8. The Morgan fingerprint density at radius 3 is 2.60 bits per heavy atom. The van der Waals surface area contributed by atoms with E-state index in [4.69, 9.17) is 27.9 Å². The minimum Gasteiger partial charge on any atom is -0.491 e. The van der Waals surface area contributed by atoms with Crippen molar-refractivity contribution in [3.05, 3.63) is 63.1 Å². The number of benzene rings is 2. The van der Waals surface area contributed by atoms with E-state index in [0.717, 1.165) is 22.4 Å². The number of nitrogens with zero attached hydrogens (tertiary/aromatic N) is 1. The number of halogens is 2. The molecule has 1 aliphatic heterocycles. The standard InChI is InChI=1S/C22H27Cl2NO4S/c1-15-3-6-22(16(2)9-15)29-13-20(26)12-25(19-7-8-30(27,28)14-19)11-17-4-5-18(23)10-21(17)24/h3-6,9-10,19-20,26H,7-8,11-14H2,1-2H3. The maximum absolute atomic E-state index is 12.0. The van der Waals surface area contributed by atoms with Crippen molar-refractivity contribution in [3.8, 4) is 5.75 Å². The summed E-state index contributed by atoms with van der Waals surface area (Å²) in [5, 5.41) is 11.7. The highest BCUT2D eigenvalue weighted by Crippen LogP contribution is 2.26. The first-order valence-electron chi connectivity index (χ1n) is 9.89. The first-order chi connectivity index (χ1) is 14.1. The lowest BCUT2D eigenvalue weighted by Gasteiger charge is -2.30. The molecule has 2 atom stereocenters. The molecule has 0 spiro atoms. The van der Waals surface area contributed by atoms with Gasteiger partial charge < -0.3 is 9.84 Å². The number of aliphatic hydroxyl groups excluding tert-OH is 1. The fourth-order valence-corrected chi connectivity index (χ4v) is 5.98. The van der Waals surface area contributed by atoms with Crippen molar-refractivity contribution in [2.24, 2.45) is 0 Å². The molecule has 1 heterocycles. The van der Waals surface area contributed by atoms with Gasteiger partial charge in [-0.3, -0.25) is 4.90 Å². The third-order valence-corrected chi connectivity index (χ3v) is 7.66. The van der Waals surface area contributed by atoms with Gasteiger partial charge >= 0.3 is 0 Å². The molecule has 0 radical (unpaired) electrons. The zero-order valence-corrected chi connectivity index (χ0v) is 19.5. The second-order valence-electron chi connectivity index (χ2n) is 7.96. The van der Waals surface area contributed by atoms with Crippen molar-refractivity contribution in [1.82, 2.24) is 4.90 Å². The minimum absolute atomic E-state index is 0.0862. The van der Waals surface area contributed by atoms with Gasteiger partial charge in [0.05, 0.1) is 11.5 Å². The molecule has 0 amide bonds. The van der Waals surface area contributed by atoms with E-state index >= 15 is 0 Å². The Morgan fingerprint density at radius 1 is 1.20 bits per heavy atom. The highest BCUT2D eigenvalue weighted by molar-refractivity contribution is 7.91. The summed E-state index contributed by atoms with van der Waals surface area (Å²) in [4.78, 5) is 1.98. The smallest absolute Gasteiger partial charge is 0.151 e. The Morgan fingerprint density at radius 2 is 1.97 bits per heavy atom. The molecule has 0 bridgehead atoms. The number of aryl methyl sites for hydroxylation is 2. The highest BCUT2D eigenvalue weighted by atomic mass is 35.5. The average molecular weight is 472 g/mol. The van der Waals surface area contributed by atoms with Crippen LogP contribution in [0.3, 0.4) is 0 Å². The molecule has 0 aromatic heterocycles. The lowest BCUT2D eigenvalue weighted by Crippen LogP contribution is -2.42. The van der Waals surface area contributed by atoms with Gasteiger partial charge in [0.2, 0.25) is 0 Å². The Balaban J connectivity index is 1.69. The second kappa shape index (κ2) is 9.88. The lowest BCUT2D eigenvalue weighted by molar-refractivity contribution is 0.0523. The van der Waals surface area contributed by atoms with Crippen LogP contribution in [0.4, 0.5) is 0 Å². The number of hydrogen-bond donors (Lipinski definition) is 1. The van der Waals surface area contributed by atoms with Crippen LogP contribution >= 0.6 is 23.2 Å². The van der Waals surface area contributed by atoms with Gasteiger partial charge in [0.15, 0.2) is 9.84 Å². The molecular formula is C22H27Cl2NO4S. The fraction of sp³-hybridized carbons (Fsp3) is 0.455. The van der Waals surface area contributed by atoms with Crippen molar-refractivity contribution in [1.29, 1.82) is 0 Å². The van der Waals surface area contributed by atoms with E-state index in [2.05, 4.69) is 0 Å². The lowest BCUT2D eigenvalue weighted by atomic mass is 10.1. The number of ether oxygens (including phenoxy) is 1. The fourth-order valence-electron chi connectivity index (χ4n) is 3.75. The van der Waals surface area contributed by atoms with Gasteiger partial charge in [-0.25, -0.2) is 8.42 Å². The summed E-state index contributed by atoms with van der Waals surface area (Å²) in [6.07, 6.45) is -0.238. The minimum atomic E-state index is -3.06. The summed E-state index contributed by atoms with van der Waals surface area (Å²) in [6, 6.07) is 11.0. The number of sulfone groups is 1. The van der Waals surface area contributed by atoms with Crippen LogP contribution in [0.2, 0.25) is 10.0 Å². The van der Waals surface area contributed by atoms with Gasteiger partial charge in [-0.15, -0.1) is 0 Å². The SMILES string of the molecule is Cc1ccc(OCC(O)CN(Cc2ccc(Cl)cc2Cl)C2CCS(=O)(=O)C2)c(C)c1. The molecule has 3 rings (SSSR count). The van der Waals surface area contributed by atoms with Crippen LogP contribution < -0.4 is 4.74 Å². The molecule has 2 aromatic carbocycles. The molecule has 1 N–H and O–H groups in total. The van der Waals surface area contributed by atoms with Gasteiger partial charge in [-0.05, 0) is 49.6 Å². The molecule has 2 unspecified atom stereocenters. The first kappa shape index (κ1) is 23.4. The van der Waals surface area contributed by atoms with Gasteiger partial charge in [-0.2, -0.15) is 0 Å². The van der Waals surface area contributed by atoms with E-state index in [1.807, 2.05) is 43.0 Å².